The molecule has 0 aromatic heterocycles. The number of non-ortho nitro benzene ring substituents is 1. The number of nitro groups is 1. The molecule has 0 heterocycles. The standard InChI is InChI=1S/C18H19ClN2O4/c1-12(22)13-4-7-18(25-3)15(8-13)11-20(2)10-14-9-16(21(23)24)5-6-17(14)19/h4-9H,10-11H2,1-3H3. The Hall–Kier alpha value is -2.44. The summed E-state index contributed by atoms with van der Waals surface area (Å²) in [5.41, 5.74) is 2.14. The van der Waals surface area contributed by atoms with Gasteiger partial charge >= 0.3 is 0 Å². The van der Waals surface area contributed by atoms with Crippen molar-refractivity contribution in [3.05, 3.63) is 68.2 Å². The summed E-state index contributed by atoms with van der Waals surface area (Å²) in [6, 6.07) is 9.67. The molecule has 0 amide bonds. The highest BCUT2D eigenvalue weighted by Gasteiger charge is 2.14. The molecular formula is C18H19ClN2O4. The fraction of sp³-hybridized carbons (Fsp3) is 0.278. The number of hydrogen-bond donors (Lipinski definition) is 0. The number of benzene rings is 2. The summed E-state index contributed by atoms with van der Waals surface area (Å²) >= 11 is 6.15. The highest BCUT2D eigenvalue weighted by Crippen LogP contribution is 2.25. The van der Waals surface area contributed by atoms with Crippen molar-refractivity contribution in [2.75, 3.05) is 14.2 Å². The summed E-state index contributed by atoms with van der Waals surface area (Å²) in [7, 11) is 3.44. The number of carbonyl (C=O) groups is 1. The Morgan fingerprint density at radius 3 is 2.48 bits per heavy atom. The predicted octanol–water partition coefficient (Wildman–Crippen LogP) is 4.09. The van der Waals surface area contributed by atoms with Crippen LogP contribution in [0, 0.1) is 10.1 Å². The van der Waals surface area contributed by atoms with E-state index in [1.165, 1.54) is 25.1 Å². The van der Waals surface area contributed by atoms with Crippen LogP contribution in [0.25, 0.3) is 0 Å². The zero-order valence-corrected chi connectivity index (χ0v) is 15.0. The monoisotopic (exact) mass is 362 g/mol. The van der Waals surface area contributed by atoms with Crippen LogP contribution in [0.2, 0.25) is 5.02 Å². The summed E-state index contributed by atoms with van der Waals surface area (Å²) in [5, 5.41) is 11.4. The van der Waals surface area contributed by atoms with Crippen molar-refractivity contribution in [1.82, 2.24) is 4.90 Å². The number of Topliss-reactive ketones (excluding diaryl/α,β-unsaturated/α-hetero) is 1. The van der Waals surface area contributed by atoms with Gasteiger partial charge in [0.05, 0.1) is 12.0 Å². The molecule has 0 atom stereocenters. The largest absolute Gasteiger partial charge is 0.496 e. The van der Waals surface area contributed by atoms with E-state index in [1.807, 2.05) is 11.9 Å². The zero-order valence-electron chi connectivity index (χ0n) is 14.3. The minimum absolute atomic E-state index is 0.00366. The normalized spacial score (nSPS) is 10.8. The molecule has 0 aliphatic heterocycles. The lowest BCUT2D eigenvalue weighted by Crippen LogP contribution is -2.18. The first-order valence-electron chi connectivity index (χ1n) is 7.61. The van der Waals surface area contributed by atoms with Crippen molar-refractivity contribution < 1.29 is 14.5 Å². The van der Waals surface area contributed by atoms with Gasteiger partial charge in [-0.1, -0.05) is 11.6 Å². The number of hydrogen-bond acceptors (Lipinski definition) is 5. The van der Waals surface area contributed by atoms with E-state index in [1.54, 1.807) is 25.3 Å². The maximum Gasteiger partial charge on any atom is 0.269 e. The average molecular weight is 363 g/mol. The van der Waals surface area contributed by atoms with Crippen LogP contribution in [0.5, 0.6) is 5.75 Å². The van der Waals surface area contributed by atoms with Gasteiger partial charge in [0.15, 0.2) is 5.78 Å². The first-order valence-corrected chi connectivity index (χ1v) is 7.99. The molecule has 6 nitrogen and oxygen atoms in total. The first kappa shape index (κ1) is 18.9. The summed E-state index contributed by atoms with van der Waals surface area (Å²) < 4.78 is 5.35. The highest BCUT2D eigenvalue weighted by atomic mass is 35.5. The molecular weight excluding hydrogens is 344 g/mol. The van der Waals surface area contributed by atoms with Gasteiger partial charge in [-0.2, -0.15) is 0 Å². The SMILES string of the molecule is COc1ccc(C(C)=O)cc1CN(C)Cc1cc([N+](=O)[O-])ccc1Cl. The lowest BCUT2D eigenvalue weighted by molar-refractivity contribution is -0.384. The second-order valence-electron chi connectivity index (χ2n) is 5.79. The Labute approximate surface area is 151 Å². The smallest absolute Gasteiger partial charge is 0.269 e. The Bertz CT molecular complexity index is 808. The Balaban J connectivity index is 2.21. The van der Waals surface area contributed by atoms with E-state index in [0.29, 0.717) is 35.0 Å². The Morgan fingerprint density at radius 2 is 1.88 bits per heavy atom. The zero-order chi connectivity index (χ0) is 18.6. The number of ether oxygens (including phenoxy) is 1. The molecule has 0 aliphatic rings. The van der Waals surface area contributed by atoms with Gasteiger partial charge in [-0.25, -0.2) is 0 Å². The van der Waals surface area contributed by atoms with Gasteiger partial charge in [0, 0.05) is 41.4 Å². The second kappa shape index (κ2) is 8.09. The molecule has 0 radical (unpaired) electrons. The third-order valence-corrected chi connectivity index (χ3v) is 4.18. The van der Waals surface area contributed by atoms with Crippen molar-refractivity contribution in [3.63, 3.8) is 0 Å². The van der Waals surface area contributed by atoms with Crippen LogP contribution in [-0.2, 0) is 13.1 Å². The van der Waals surface area contributed by atoms with Gasteiger partial charge < -0.3 is 4.74 Å². The molecule has 0 saturated carbocycles. The van der Waals surface area contributed by atoms with Crippen LogP contribution >= 0.6 is 11.6 Å². The molecule has 2 aromatic carbocycles. The fourth-order valence-electron chi connectivity index (χ4n) is 2.55. The quantitative estimate of drug-likeness (QED) is 0.421. The lowest BCUT2D eigenvalue weighted by Gasteiger charge is -2.19. The summed E-state index contributed by atoms with van der Waals surface area (Å²) in [5.74, 6) is 0.662. The number of ketones is 1. The second-order valence-corrected chi connectivity index (χ2v) is 6.20. The molecule has 132 valence electrons. The molecule has 7 heteroatoms. The van der Waals surface area contributed by atoms with Crippen LogP contribution in [0.4, 0.5) is 5.69 Å². The van der Waals surface area contributed by atoms with E-state index >= 15 is 0 Å². The molecule has 2 aromatic rings. The van der Waals surface area contributed by atoms with Gasteiger partial charge in [-0.15, -0.1) is 0 Å². The molecule has 0 unspecified atom stereocenters. The van der Waals surface area contributed by atoms with Crippen LogP contribution in [-0.4, -0.2) is 29.8 Å². The minimum Gasteiger partial charge on any atom is -0.496 e. The molecule has 0 N–H and O–H groups in total. The van der Waals surface area contributed by atoms with Crippen LogP contribution in [0.3, 0.4) is 0 Å². The molecule has 0 aliphatic carbocycles. The van der Waals surface area contributed by atoms with E-state index in [2.05, 4.69) is 0 Å². The number of halogens is 1. The van der Waals surface area contributed by atoms with Crippen molar-refractivity contribution in [2.45, 2.75) is 20.0 Å². The van der Waals surface area contributed by atoms with E-state index in [0.717, 1.165) is 5.56 Å². The molecule has 2 rings (SSSR count). The van der Waals surface area contributed by atoms with Gasteiger partial charge in [0.1, 0.15) is 5.75 Å². The number of rotatable bonds is 7. The van der Waals surface area contributed by atoms with E-state index < -0.39 is 4.92 Å². The van der Waals surface area contributed by atoms with Crippen molar-refractivity contribution in [1.29, 1.82) is 0 Å². The van der Waals surface area contributed by atoms with E-state index in [-0.39, 0.29) is 11.5 Å². The molecule has 25 heavy (non-hydrogen) atoms. The summed E-state index contributed by atoms with van der Waals surface area (Å²) in [6.45, 7) is 2.44. The van der Waals surface area contributed by atoms with Crippen LogP contribution in [0.15, 0.2) is 36.4 Å². The number of nitrogens with zero attached hydrogens (tertiary/aromatic N) is 2. The Kier molecular flexibility index (Phi) is 6.12. The molecule has 0 bridgehead atoms. The molecule has 0 fully saturated rings. The third-order valence-electron chi connectivity index (χ3n) is 3.81. The van der Waals surface area contributed by atoms with Gasteiger partial charge in [-0.05, 0) is 43.8 Å². The van der Waals surface area contributed by atoms with Crippen LogP contribution < -0.4 is 4.74 Å². The van der Waals surface area contributed by atoms with Crippen LogP contribution in [0.1, 0.15) is 28.4 Å². The minimum atomic E-state index is -0.445. The predicted molar refractivity (Wildman–Crippen MR) is 96.3 cm³/mol. The van der Waals surface area contributed by atoms with Gasteiger partial charge in [0.25, 0.3) is 5.69 Å². The fourth-order valence-corrected chi connectivity index (χ4v) is 2.73. The molecule has 0 saturated heterocycles. The average Bonchev–Trinajstić information content (AvgIpc) is 2.56. The third kappa shape index (κ3) is 4.78. The van der Waals surface area contributed by atoms with Crippen molar-refractivity contribution in [3.8, 4) is 5.75 Å². The number of nitro benzene ring substituents is 1. The van der Waals surface area contributed by atoms with E-state index in [4.69, 9.17) is 16.3 Å². The lowest BCUT2D eigenvalue weighted by atomic mass is 10.1. The first-order chi connectivity index (χ1) is 11.8. The van der Waals surface area contributed by atoms with Crippen molar-refractivity contribution >= 4 is 23.1 Å². The maximum atomic E-state index is 11.6. The Morgan fingerprint density at radius 1 is 1.20 bits per heavy atom. The number of carbonyl (C=O) groups excluding carboxylic acids is 1. The number of methoxy groups -OCH3 is 1. The summed E-state index contributed by atoms with van der Waals surface area (Å²) in [4.78, 5) is 24.0. The highest BCUT2D eigenvalue weighted by molar-refractivity contribution is 6.31. The van der Waals surface area contributed by atoms with Gasteiger partial charge in [-0.3, -0.25) is 19.8 Å². The maximum absolute atomic E-state index is 11.6. The van der Waals surface area contributed by atoms with E-state index in [9.17, 15) is 14.9 Å². The molecule has 0 spiro atoms. The summed E-state index contributed by atoms with van der Waals surface area (Å²) in [6.07, 6.45) is 0. The van der Waals surface area contributed by atoms with Gasteiger partial charge in [0.2, 0.25) is 0 Å². The topological polar surface area (TPSA) is 72.7 Å². The van der Waals surface area contributed by atoms with Crippen molar-refractivity contribution in [2.24, 2.45) is 0 Å².